The quantitative estimate of drug-likeness (QED) is 0.736. The summed E-state index contributed by atoms with van der Waals surface area (Å²) in [4.78, 5) is 4.34. The zero-order valence-corrected chi connectivity index (χ0v) is 10.9. The van der Waals surface area contributed by atoms with Crippen LogP contribution in [-0.2, 0) is 12.8 Å². The highest BCUT2D eigenvalue weighted by Gasteiger charge is 2.20. The van der Waals surface area contributed by atoms with Crippen molar-refractivity contribution in [1.82, 2.24) is 4.98 Å². The van der Waals surface area contributed by atoms with Crippen LogP contribution in [0.4, 0.5) is 14.5 Å². The Hall–Kier alpha value is -1.71. The largest absolute Gasteiger partial charge is 0.398 e. The lowest BCUT2D eigenvalue weighted by Gasteiger charge is -2.14. The molecule has 0 aliphatic heterocycles. The van der Waals surface area contributed by atoms with Crippen LogP contribution in [0, 0.1) is 18.6 Å². The predicted molar refractivity (Wildman–Crippen MR) is 72.1 cm³/mol. The average Bonchev–Trinajstić information content (AvgIpc) is 2.61. The van der Waals surface area contributed by atoms with Crippen LogP contribution in [0.2, 0.25) is 0 Å². The number of rotatable bonds is 0. The molecule has 1 aromatic heterocycles. The molecular formula is C15H16F2N2. The van der Waals surface area contributed by atoms with E-state index in [1.54, 1.807) is 6.92 Å². The van der Waals surface area contributed by atoms with E-state index in [0.717, 1.165) is 43.4 Å². The number of aromatic nitrogens is 1. The first-order chi connectivity index (χ1) is 9.09. The van der Waals surface area contributed by atoms with Gasteiger partial charge in [-0.15, -0.1) is 0 Å². The Balaban J connectivity index is 2.41. The molecule has 0 saturated carbocycles. The first kappa shape index (κ1) is 12.3. The van der Waals surface area contributed by atoms with Gasteiger partial charge in [0.05, 0.1) is 5.39 Å². The Labute approximate surface area is 110 Å². The van der Waals surface area contributed by atoms with Gasteiger partial charge in [0.2, 0.25) is 0 Å². The van der Waals surface area contributed by atoms with E-state index in [0.29, 0.717) is 5.69 Å². The van der Waals surface area contributed by atoms with Gasteiger partial charge < -0.3 is 5.73 Å². The summed E-state index contributed by atoms with van der Waals surface area (Å²) in [6.45, 7) is 1.54. The Kier molecular flexibility index (Phi) is 2.88. The third-order valence-corrected chi connectivity index (χ3v) is 3.90. The van der Waals surface area contributed by atoms with Gasteiger partial charge in [-0.2, -0.15) is 0 Å². The van der Waals surface area contributed by atoms with Crippen molar-refractivity contribution in [3.63, 3.8) is 0 Å². The van der Waals surface area contributed by atoms with Crippen LogP contribution >= 0.6 is 0 Å². The summed E-state index contributed by atoms with van der Waals surface area (Å²) in [6, 6.07) is 1.19. The molecule has 0 fully saturated rings. The minimum absolute atomic E-state index is 0.0706. The van der Waals surface area contributed by atoms with Gasteiger partial charge in [0, 0.05) is 11.4 Å². The Bertz CT molecular complexity index is 665. The monoisotopic (exact) mass is 262 g/mol. The third-order valence-electron chi connectivity index (χ3n) is 3.90. The number of hydrogen-bond acceptors (Lipinski definition) is 2. The van der Waals surface area contributed by atoms with Crippen molar-refractivity contribution >= 4 is 16.6 Å². The van der Waals surface area contributed by atoms with Gasteiger partial charge in [-0.3, -0.25) is 0 Å². The maximum atomic E-state index is 14.2. The smallest absolute Gasteiger partial charge is 0.149 e. The number of nitrogens with zero attached hydrogens (tertiary/aromatic N) is 1. The van der Waals surface area contributed by atoms with Crippen LogP contribution in [-0.4, -0.2) is 4.98 Å². The Morgan fingerprint density at radius 1 is 1.16 bits per heavy atom. The van der Waals surface area contributed by atoms with Crippen molar-refractivity contribution in [1.29, 1.82) is 0 Å². The molecule has 2 nitrogen and oxygen atoms in total. The Morgan fingerprint density at radius 3 is 2.68 bits per heavy atom. The first-order valence-corrected chi connectivity index (χ1v) is 6.65. The van der Waals surface area contributed by atoms with E-state index >= 15 is 0 Å². The lowest BCUT2D eigenvalue weighted by molar-refractivity contribution is 0.607. The molecule has 100 valence electrons. The van der Waals surface area contributed by atoms with Crippen molar-refractivity contribution in [3.8, 4) is 0 Å². The van der Waals surface area contributed by atoms with E-state index in [1.807, 2.05) is 0 Å². The molecular weight excluding hydrogens is 246 g/mol. The number of fused-ring (bicyclic) bond motifs is 2. The number of pyridine rings is 1. The van der Waals surface area contributed by atoms with Gasteiger partial charge in [0.15, 0.2) is 0 Å². The molecule has 0 saturated heterocycles. The van der Waals surface area contributed by atoms with Crippen LogP contribution < -0.4 is 5.73 Å². The van der Waals surface area contributed by atoms with Gasteiger partial charge in [-0.05, 0) is 49.8 Å². The van der Waals surface area contributed by atoms with Gasteiger partial charge in [0.1, 0.15) is 17.2 Å². The minimum atomic E-state index is -0.493. The molecule has 0 amide bonds. The maximum absolute atomic E-state index is 14.2. The third kappa shape index (κ3) is 1.86. The Morgan fingerprint density at radius 2 is 1.89 bits per heavy atom. The summed E-state index contributed by atoms with van der Waals surface area (Å²) >= 11 is 0. The zero-order valence-electron chi connectivity index (χ0n) is 10.9. The number of nitrogens with two attached hydrogens (primary N) is 1. The summed E-state index contributed by atoms with van der Waals surface area (Å²) in [7, 11) is 0. The molecule has 0 unspecified atom stereocenters. The minimum Gasteiger partial charge on any atom is -0.398 e. The van der Waals surface area contributed by atoms with E-state index in [-0.39, 0.29) is 16.5 Å². The fraction of sp³-hybridized carbons (Fsp3) is 0.400. The van der Waals surface area contributed by atoms with Crippen molar-refractivity contribution in [2.75, 3.05) is 5.73 Å². The molecule has 0 spiro atoms. The summed E-state index contributed by atoms with van der Waals surface area (Å²) < 4.78 is 28.2. The van der Waals surface area contributed by atoms with Crippen molar-refractivity contribution in [2.45, 2.75) is 39.0 Å². The van der Waals surface area contributed by atoms with Crippen molar-refractivity contribution < 1.29 is 8.78 Å². The molecule has 2 aromatic rings. The fourth-order valence-corrected chi connectivity index (χ4v) is 2.86. The molecule has 2 N–H and O–H groups in total. The maximum Gasteiger partial charge on any atom is 0.149 e. The zero-order chi connectivity index (χ0) is 13.6. The summed E-state index contributed by atoms with van der Waals surface area (Å²) in [5, 5.41) is 0.151. The molecule has 0 atom stereocenters. The number of benzene rings is 1. The van der Waals surface area contributed by atoms with Crippen LogP contribution in [0.25, 0.3) is 10.9 Å². The van der Waals surface area contributed by atoms with Gasteiger partial charge in [-0.1, -0.05) is 6.42 Å². The highest BCUT2D eigenvalue weighted by molar-refractivity contribution is 5.93. The summed E-state index contributed by atoms with van der Waals surface area (Å²) in [5.41, 5.74) is 8.57. The number of anilines is 1. The summed E-state index contributed by atoms with van der Waals surface area (Å²) in [5.74, 6) is -0.943. The van der Waals surface area contributed by atoms with Crippen LogP contribution in [0.15, 0.2) is 6.07 Å². The summed E-state index contributed by atoms with van der Waals surface area (Å²) in [6.07, 6.45) is 4.76. The van der Waals surface area contributed by atoms with Gasteiger partial charge in [-0.25, -0.2) is 13.8 Å². The SMILES string of the molecule is Cc1cc(F)c2nc3c(c(N)c2c1F)CCCCC3. The number of halogens is 2. The average molecular weight is 262 g/mol. The molecule has 1 aliphatic carbocycles. The fourth-order valence-electron chi connectivity index (χ4n) is 2.86. The van der Waals surface area contributed by atoms with Crippen LogP contribution in [0.1, 0.15) is 36.1 Å². The lowest BCUT2D eigenvalue weighted by Crippen LogP contribution is -2.06. The number of hydrogen-bond donors (Lipinski definition) is 1. The standard InChI is InChI=1S/C15H16F2N2/c1-8-7-10(16)15-12(13(8)17)14(18)9-5-3-2-4-6-11(9)19-15/h7H,2-6H2,1H3,(H2,18,19). The van der Waals surface area contributed by atoms with E-state index in [2.05, 4.69) is 4.98 Å². The van der Waals surface area contributed by atoms with Crippen molar-refractivity contribution in [2.24, 2.45) is 0 Å². The van der Waals surface area contributed by atoms with Gasteiger partial charge in [0.25, 0.3) is 0 Å². The van der Waals surface area contributed by atoms with Gasteiger partial charge >= 0.3 is 0 Å². The van der Waals surface area contributed by atoms with E-state index in [1.165, 1.54) is 6.07 Å². The number of nitrogen functional groups attached to an aromatic ring is 1. The highest BCUT2D eigenvalue weighted by Crippen LogP contribution is 2.34. The second-order valence-corrected chi connectivity index (χ2v) is 5.22. The molecule has 0 radical (unpaired) electrons. The number of aryl methyl sites for hydroxylation is 2. The van der Waals surface area contributed by atoms with Crippen molar-refractivity contribution in [3.05, 3.63) is 34.5 Å². The molecule has 1 aromatic carbocycles. The second kappa shape index (κ2) is 4.44. The molecule has 19 heavy (non-hydrogen) atoms. The molecule has 1 heterocycles. The first-order valence-electron chi connectivity index (χ1n) is 6.65. The highest BCUT2D eigenvalue weighted by atomic mass is 19.1. The molecule has 0 bridgehead atoms. The van der Waals surface area contributed by atoms with Crippen LogP contribution in [0.5, 0.6) is 0 Å². The second-order valence-electron chi connectivity index (χ2n) is 5.22. The normalized spacial score (nSPS) is 15.3. The van der Waals surface area contributed by atoms with E-state index in [4.69, 9.17) is 5.73 Å². The molecule has 1 aliphatic rings. The lowest BCUT2D eigenvalue weighted by atomic mass is 10.0. The van der Waals surface area contributed by atoms with E-state index < -0.39 is 11.6 Å². The van der Waals surface area contributed by atoms with Crippen LogP contribution in [0.3, 0.4) is 0 Å². The topological polar surface area (TPSA) is 38.9 Å². The predicted octanol–water partition coefficient (Wildman–Crippen LogP) is 3.67. The molecule has 4 heteroatoms. The van der Waals surface area contributed by atoms with E-state index in [9.17, 15) is 8.78 Å². The molecule has 3 rings (SSSR count).